The van der Waals surface area contributed by atoms with Gasteiger partial charge in [-0.05, 0) is 12.8 Å². The second-order valence-corrected chi connectivity index (χ2v) is 6.69. The summed E-state index contributed by atoms with van der Waals surface area (Å²) in [7, 11) is -3.11. The summed E-state index contributed by atoms with van der Waals surface area (Å²) in [5.41, 5.74) is 5.34. The number of amides is 1. The van der Waals surface area contributed by atoms with Crippen molar-refractivity contribution in [3.05, 3.63) is 0 Å². The molecule has 104 valence electrons. The van der Waals surface area contributed by atoms with Gasteiger partial charge in [0.25, 0.3) is 0 Å². The minimum Gasteiger partial charge on any atom is -0.352 e. The summed E-state index contributed by atoms with van der Waals surface area (Å²) in [5, 5.41) is 2.63. The van der Waals surface area contributed by atoms with Gasteiger partial charge in [0.05, 0.1) is 11.5 Å². The number of hydrogen-bond acceptors (Lipinski definition) is 4. The van der Waals surface area contributed by atoms with E-state index in [1.54, 1.807) is 6.92 Å². The maximum Gasteiger partial charge on any atom is 0.221 e. The van der Waals surface area contributed by atoms with Crippen LogP contribution in [0.3, 0.4) is 0 Å². The van der Waals surface area contributed by atoms with E-state index in [9.17, 15) is 13.2 Å². The predicted octanol–water partition coefficient (Wildman–Crippen LogP) is 0.333. The summed E-state index contributed by atoms with van der Waals surface area (Å²) in [6.45, 7) is 5.81. The molecule has 0 aromatic carbocycles. The Labute approximate surface area is 110 Å². The Morgan fingerprint density at radius 2 is 1.82 bits per heavy atom. The van der Waals surface area contributed by atoms with Crippen molar-refractivity contribution in [2.45, 2.75) is 33.2 Å². The molecule has 17 heavy (non-hydrogen) atoms. The van der Waals surface area contributed by atoms with Crippen molar-refractivity contribution < 1.29 is 13.2 Å². The van der Waals surface area contributed by atoms with Crippen LogP contribution in [-0.2, 0) is 14.6 Å². The fraction of sp³-hybridized carbons (Fsp3) is 0.900. The van der Waals surface area contributed by atoms with Crippen molar-refractivity contribution in [1.82, 2.24) is 5.32 Å². The van der Waals surface area contributed by atoms with E-state index in [-0.39, 0.29) is 48.2 Å². The van der Waals surface area contributed by atoms with Crippen LogP contribution < -0.4 is 11.1 Å². The second kappa shape index (κ2) is 8.72. The Morgan fingerprint density at radius 3 is 2.24 bits per heavy atom. The van der Waals surface area contributed by atoms with Crippen molar-refractivity contribution in [2.24, 2.45) is 11.7 Å². The molecule has 1 amide bonds. The van der Waals surface area contributed by atoms with Crippen LogP contribution in [0.5, 0.6) is 0 Å². The number of carbonyl (C=O) groups is 1. The molecule has 5 nitrogen and oxygen atoms in total. The Balaban J connectivity index is 0. The van der Waals surface area contributed by atoms with Crippen LogP contribution in [-0.4, -0.2) is 38.4 Å². The summed E-state index contributed by atoms with van der Waals surface area (Å²) >= 11 is 0. The van der Waals surface area contributed by atoms with Crippen LogP contribution in [0.2, 0.25) is 0 Å². The number of nitrogens with two attached hydrogens (primary N) is 1. The minimum absolute atomic E-state index is 0. The molecule has 0 aliphatic heterocycles. The van der Waals surface area contributed by atoms with Crippen molar-refractivity contribution in [3.63, 3.8) is 0 Å². The molecule has 0 spiro atoms. The molecular formula is C10H23ClN2O3S. The standard InChI is InChI=1S/C10H22N2O3S.ClH/c1-8(2)7-16(14,15)5-4-10(13)12-9(3)6-11;/h8-9H,4-7,11H2,1-3H3,(H,12,13);1H/t9-;/m0./s1. The van der Waals surface area contributed by atoms with Gasteiger partial charge in [-0.2, -0.15) is 0 Å². The van der Waals surface area contributed by atoms with Gasteiger partial charge in [-0.3, -0.25) is 4.79 Å². The van der Waals surface area contributed by atoms with Gasteiger partial charge in [0, 0.05) is 19.0 Å². The number of nitrogens with one attached hydrogen (secondary N) is 1. The van der Waals surface area contributed by atoms with Crippen LogP contribution >= 0.6 is 12.4 Å². The first-order valence-electron chi connectivity index (χ1n) is 5.46. The minimum atomic E-state index is -3.11. The molecule has 0 saturated heterocycles. The first kappa shape index (κ1) is 19.0. The molecule has 0 radical (unpaired) electrons. The third-order valence-electron chi connectivity index (χ3n) is 1.99. The quantitative estimate of drug-likeness (QED) is 0.706. The fourth-order valence-electron chi connectivity index (χ4n) is 1.25. The molecule has 7 heteroatoms. The van der Waals surface area contributed by atoms with Crippen molar-refractivity contribution in [2.75, 3.05) is 18.1 Å². The van der Waals surface area contributed by atoms with E-state index in [2.05, 4.69) is 5.32 Å². The summed E-state index contributed by atoms with van der Waals surface area (Å²) in [4.78, 5) is 11.3. The number of carbonyl (C=O) groups excluding carboxylic acids is 1. The average Bonchev–Trinajstić information content (AvgIpc) is 2.13. The highest BCUT2D eigenvalue weighted by molar-refractivity contribution is 7.91. The molecule has 0 unspecified atom stereocenters. The zero-order valence-corrected chi connectivity index (χ0v) is 12.2. The lowest BCUT2D eigenvalue weighted by Crippen LogP contribution is -2.38. The molecule has 0 aromatic heterocycles. The normalized spacial score (nSPS) is 13.0. The first-order chi connectivity index (χ1) is 7.26. The van der Waals surface area contributed by atoms with Crippen LogP contribution in [0.15, 0.2) is 0 Å². The monoisotopic (exact) mass is 286 g/mol. The zero-order valence-electron chi connectivity index (χ0n) is 10.6. The molecule has 0 rings (SSSR count). The Kier molecular flexibility index (Phi) is 9.75. The number of hydrogen-bond donors (Lipinski definition) is 2. The zero-order chi connectivity index (χ0) is 12.8. The van der Waals surface area contributed by atoms with Gasteiger partial charge in [0.15, 0.2) is 9.84 Å². The van der Waals surface area contributed by atoms with E-state index in [0.717, 1.165) is 0 Å². The Hall–Kier alpha value is -0.330. The largest absolute Gasteiger partial charge is 0.352 e. The first-order valence-corrected chi connectivity index (χ1v) is 7.29. The predicted molar refractivity (Wildman–Crippen MR) is 72.0 cm³/mol. The van der Waals surface area contributed by atoms with Crippen molar-refractivity contribution in [1.29, 1.82) is 0 Å². The van der Waals surface area contributed by atoms with Gasteiger partial charge < -0.3 is 11.1 Å². The van der Waals surface area contributed by atoms with E-state index in [0.29, 0.717) is 6.54 Å². The van der Waals surface area contributed by atoms with Crippen LogP contribution in [0, 0.1) is 5.92 Å². The molecule has 0 fully saturated rings. The lowest BCUT2D eigenvalue weighted by molar-refractivity contribution is -0.121. The molecule has 0 bridgehead atoms. The molecular weight excluding hydrogens is 264 g/mol. The summed E-state index contributed by atoms with van der Waals surface area (Å²) in [6.07, 6.45) is 0.0133. The van der Waals surface area contributed by atoms with Gasteiger partial charge in [-0.25, -0.2) is 8.42 Å². The van der Waals surface area contributed by atoms with Gasteiger partial charge in [-0.1, -0.05) is 13.8 Å². The van der Waals surface area contributed by atoms with E-state index < -0.39 is 9.84 Å². The van der Waals surface area contributed by atoms with E-state index in [4.69, 9.17) is 5.73 Å². The van der Waals surface area contributed by atoms with E-state index >= 15 is 0 Å². The Morgan fingerprint density at radius 1 is 1.29 bits per heavy atom. The summed E-state index contributed by atoms with van der Waals surface area (Å²) in [6, 6.07) is -0.111. The molecule has 1 atom stereocenters. The molecule has 0 aliphatic carbocycles. The third kappa shape index (κ3) is 10.5. The topological polar surface area (TPSA) is 89.3 Å². The smallest absolute Gasteiger partial charge is 0.221 e. The molecule has 0 aliphatic rings. The van der Waals surface area contributed by atoms with Crippen LogP contribution in [0.25, 0.3) is 0 Å². The van der Waals surface area contributed by atoms with Gasteiger partial charge >= 0.3 is 0 Å². The van der Waals surface area contributed by atoms with Gasteiger partial charge in [0.1, 0.15) is 0 Å². The van der Waals surface area contributed by atoms with Crippen molar-refractivity contribution >= 4 is 28.2 Å². The lowest BCUT2D eigenvalue weighted by Gasteiger charge is -2.11. The summed E-state index contributed by atoms with van der Waals surface area (Å²) < 4.78 is 23.0. The van der Waals surface area contributed by atoms with E-state index in [1.165, 1.54) is 0 Å². The number of rotatable bonds is 7. The van der Waals surface area contributed by atoms with Crippen LogP contribution in [0.4, 0.5) is 0 Å². The average molecular weight is 287 g/mol. The summed E-state index contributed by atoms with van der Waals surface area (Å²) in [5.74, 6) is -0.123. The Bertz CT molecular complexity index is 318. The molecule has 0 heterocycles. The SMILES string of the molecule is CC(C)CS(=O)(=O)CCC(=O)N[C@@H](C)CN.Cl. The second-order valence-electron chi connectivity index (χ2n) is 4.46. The van der Waals surface area contributed by atoms with Crippen LogP contribution in [0.1, 0.15) is 27.2 Å². The molecule has 0 saturated carbocycles. The highest BCUT2D eigenvalue weighted by Crippen LogP contribution is 2.02. The van der Waals surface area contributed by atoms with Crippen molar-refractivity contribution in [3.8, 4) is 0 Å². The lowest BCUT2D eigenvalue weighted by atomic mass is 10.3. The maximum absolute atomic E-state index is 11.5. The van der Waals surface area contributed by atoms with E-state index in [1.807, 2.05) is 13.8 Å². The number of halogens is 1. The fourth-order valence-corrected chi connectivity index (χ4v) is 2.92. The van der Waals surface area contributed by atoms with Gasteiger partial charge in [-0.15, -0.1) is 12.4 Å². The van der Waals surface area contributed by atoms with Gasteiger partial charge in [0.2, 0.25) is 5.91 Å². The molecule has 3 N–H and O–H groups in total. The molecule has 0 aromatic rings. The third-order valence-corrected chi connectivity index (χ3v) is 3.99. The highest BCUT2D eigenvalue weighted by atomic mass is 35.5. The number of sulfone groups is 1. The maximum atomic E-state index is 11.5. The highest BCUT2D eigenvalue weighted by Gasteiger charge is 2.15.